The number of fused-ring (bicyclic) bond motifs is 3. The maximum absolute atomic E-state index is 11.4. The zero-order valence-corrected chi connectivity index (χ0v) is 7.91. The molecule has 0 atom stereocenters. The molecule has 1 aliphatic heterocycles. The molecule has 14 heavy (non-hydrogen) atoms. The van der Waals surface area contributed by atoms with Gasteiger partial charge >= 0.3 is 0 Å². The Bertz CT molecular complexity index is 457. The van der Waals surface area contributed by atoms with Gasteiger partial charge in [-0.1, -0.05) is 0 Å². The normalized spacial score (nSPS) is 14.1. The first-order chi connectivity index (χ1) is 6.84. The van der Waals surface area contributed by atoms with Crippen LogP contribution in [0.1, 0.15) is 0 Å². The topological polar surface area (TPSA) is 59.8 Å². The number of carbonyl (C=O) groups is 1. The van der Waals surface area contributed by atoms with Gasteiger partial charge in [-0.05, 0) is 11.4 Å². The van der Waals surface area contributed by atoms with Gasteiger partial charge in [0.1, 0.15) is 12.9 Å². The summed E-state index contributed by atoms with van der Waals surface area (Å²) in [6.45, 7) is 0.233. The maximum Gasteiger partial charge on any atom is 0.246 e. The first-order valence-corrected chi connectivity index (χ1v) is 4.98. The second-order valence-electron chi connectivity index (χ2n) is 2.95. The molecular weight excluding hydrogens is 200 g/mol. The van der Waals surface area contributed by atoms with Gasteiger partial charge in [0.25, 0.3) is 0 Å². The van der Waals surface area contributed by atoms with Gasteiger partial charge < -0.3 is 5.32 Å². The van der Waals surface area contributed by atoms with Crippen LogP contribution in [0.25, 0.3) is 10.7 Å². The van der Waals surface area contributed by atoms with Crippen LogP contribution in [0, 0.1) is 0 Å². The maximum atomic E-state index is 11.4. The van der Waals surface area contributed by atoms with Gasteiger partial charge in [-0.15, -0.1) is 11.3 Å². The van der Waals surface area contributed by atoms with E-state index in [1.165, 1.54) is 6.33 Å². The molecule has 0 spiro atoms. The molecule has 0 bridgehead atoms. The zero-order chi connectivity index (χ0) is 9.54. The van der Waals surface area contributed by atoms with Crippen molar-refractivity contribution in [3.05, 3.63) is 17.8 Å². The van der Waals surface area contributed by atoms with Crippen LogP contribution >= 0.6 is 11.3 Å². The van der Waals surface area contributed by atoms with E-state index in [9.17, 15) is 4.79 Å². The van der Waals surface area contributed by atoms with Crippen LogP contribution < -0.4 is 5.32 Å². The molecule has 0 fully saturated rings. The number of nitrogens with zero attached hydrogens (tertiary/aromatic N) is 3. The molecule has 0 radical (unpaired) electrons. The van der Waals surface area contributed by atoms with Gasteiger partial charge in [0.05, 0.1) is 10.6 Å². The van der Waals surface area contributed by atoms with Gasteiger partial charge in [-0.3, -0.25) is 4.79 Å². The molecule has 3 heterocycles. The predicted octanol–water partition coefficient (Wildman–Crippen LogP) is 0.959. The molecule has 6 heteroatoms. The number of anilines is 1. The van der Waals surface area contributed by atoms with E-state index in [1.54, 1.807) is 16.0 Å². The van der Waals surface area contributed by atoms with Crippen LogP contribution in [-0.2, 0) is 11.3 Å². The van der Waals surface area contributed by atoms with Gasteiger partial charge in [-0.25, -0.2) is 9.67 Å². The third-order valence-electron chi connectivity index (χ3n) is 2.05. The van der Waals surface area contributed by atoms with E-state index in [4.69, 9.17) is 0 Å². The molecule has 2 aromatic heterocycles. The minimum atomic E-state index is -0.0612. The van der Waals surface area contributed by atoms with Gasteiger partial charge in [0, 0.05) is 0 Å². The summed E-state index contributed by atoms with van der Waals surface area (Å²) in [5.41, 5.74) is 0.826. The van der Waals surface area contributed by atoms with Crippen molar-refractivity contribution in [2.75, 3.05) is 5.32 Å². The predicted molar refractivity (Wildman–Crippen MR) is 52.0 cm³/mol. The molecule has 1 aliphatic rings. The Kier molecular flexibility index (Phi) is 1.45. The Labute approximate surface area is 83.4 Å². The van der Waals surface area contributed by atoms with Crippen molar-refractivity contribution in [1.82, 2.24) is 14.8 Å². The van der Waals surface area contributed by atoms with Crippen molar-refractivity contribution < 1.29 is 4.79 Å². The second-order valence-corrected chi connectivity index (χ2v) is 3.87. The van der Waals surface area contributed by atoms with Gasteiger partial charge in [0.15, 0.2) is 5.82 Å². The number of rotatable bonds is 0. The fourth-order valence-electron chi connectivity index (χ4n) is 1.46. The molecule has 0 aliphatic carbocycles. The summed E-state index contributed by atoms with van der Waals surface area (Å²) in [5, 5.41) is 8.73. The average Bonchev–Trinajstić information content (AvgIpc) is 2.72. The van der Waals surface area contributed by atoms with Crippen LogP contribution in [-0.4, -0.2) is 20.7 Å². The van der Waals surface area contributed by atoms with Crippen LogP contribution in [0.2, 0.25) is 0 Å². The van der Waals surface area contributed by atoms with Crippen LogP contribution in [0.4, 0.5) is 5.69 Å². The Balaban J connectivity index is 2.29. The average molecular weight is 206 g/mol. The van der Waals surface area contributed by atoms with Crippen molar-refractivity contribution in [1.29, 1.82) is 0 Å². The Morgan fingerprint density at radius 3 is 3.43 bits per heavy atom. The zero-order valence-electron chi connectivity index (χ0n) is 7.10. The van der Waals surface area contributed by atoms with Crippen molar-refractivity contribution >= 4 is 22.9 Å². The standard InChI is InChI=1S/C8H6N4OS/c13-6-3-12-8(9-4-10-12)7-5(11-6)1-2-14-7/h1-2,4H,3H2,(H,11,13). The van der Waals surface area contributed by atoms with Crippen molar-refractivity contribution in [3.63, 3.8) is 0 Å². The highest BCUT2D eigenvalue weighted by molar-refractivity contribution is 7.14. The third-order valence-corrected chi connectivity index (χ3v) is 2.96. The van der Waals surface area contributed by atoms with Crippen molar-refractivity contribution in [2.24, 2.45) is 0 Å². The summed E-state index contributed by atoms with van der Waals surface area (Å²) in [6, 6.07) is 1.88. The van der Waals surface area contributed by atoms with Crippen molar-refractivity contribution in [2.45, 2.75) is 6.54 Å². The molecule has 2 aromatic rings. The summed E-state index contributed by atoms with van der Waals surface area (Å²) in [4.78, 5) is 16.5. The summed E-state index contributed by atoms with van der Waals surface area (Å²) >= 11 is 1.55. The molecule has 70 valence electrons. The summed E-state index contributed by atoms with van der Waals surface area (Å²) < 4.78 is 1.61. The highest BCUT2D eigenvalue weighted by Crippen LogP contribution is 2.33. The Hall–Kier alpha value is -1.69. The molecule has 1 N–H and O–H groups in total. The lowest BCUT2D eigenvalue weighted by molar-refractivity contribution is -0.116. The lowest BCUT2D eigenvalue weighted by atomic mass is 10.4. The number of nitrogens with one attached hydrogen (secondary N) is 1. The molecule has 1 amide bonds. The highest BCUT2D eigenvalue weighted by atomic mass is 32.1. The quantitative estimate of drug-likeness (QED) is 0.698. The van der Waals surface area contributed by atoms with Crippen LogP contribution in [0.3, 0.4) is 0 Å². The lowest BCUT2D eigenvalue weighted by Gasteiger charge is -1.97. The minimum absolute atomic E-state index is 0.0612. The second kappa shape index (κ2) is 2.65. The van der Waals surface area contributed by atoms with E-state index in [2.05, 4.69) is 15.4 Å². The molecule has 5 nitrogen and oxygen atoms in total. The summed E-state index contributed by atoms with van der Waals surface area (Å²) in [5.74, 6) is 0.697. The van der Waals surface area contributed by atoms with E-state index in [0.29, 0.717) is 0 Å². The first-order valence-electron chi connectivity index (χ1n) is 4.10. The number of thiophene rings is 1. The lowest BCUT2D eigenvalue weighted by Crippen LogP contribution is -2.17. The molecule has 0 aromatic carbocycles. The Morgan fingerprint density at radius 1 is 1.57 bits per heavy atom. The van der Waals surface area contributed by atoms with Crippen LogP contribution in [0.5, 0.6) is 0 Å². The number of aromatic nitrogens is 3. The minimum Gasteiger partial charge on any atom is -0.323 e. The molecule has 0 saturated heterocycles. The summed E-state index contributed by atoms with van der Waals surface area (Å²) in [7, 11) is 0. The molecular formula is C8H6N4OS. The van der Waals surface area contributed by atoms with Gasteiger partial charge in [-0.2, -0.15) is 5.10 Å². The smallest absolute Gasteiger partial charge is 0.246 e. The number of hydrogen-bond acceptors (Lipinski definition) is 4. The summed E-state index contributed by atoms with van der Waals surface area (Å²) in [6.07, 6.45) is 1.47. The van der Waals surface area contributed by atoms with Gasteiger partial charge in [0.2, 0.25) is 5.91 Å². The van der Waals surface area contributed by atoms with E-state index in [-0.39, 0.29) is 12.5 Å². The largest absolute Gasteiger partial charge is 0.323 e. The number of carbonyl (C=O) groups excluding carboxylic acids is 1. The fourth-order valence-corrected chi connectivity index (χ4v) is 2.31. The van der Waals surface area contributed by atoms with E-state index in [1.807, 2.05) is 11.4 Å². The van der Waals surface area contributed by atoms with Crippen LogP contribution in [0.15, 0.2) is 17.8 Å². The van der Waals surface area contributed by atoms with E-state index >= 15 is 0 Å². The SMILES string of the molecule is O=C1Cn2ncnc2-c2sccc2N1. The fraction of sp³-hybridized carbons (Fsp3) is 0.125. The van der Waals surface area contributed by atoms with E-state index in [0.717, 1.165) is 16.4 Å². The molecule has 3 rings (SSSR count). The monoisotopic (exact) mass is 206 g/mol. The van der Waals surface area contributed by atoms with E-state index < -0.39 is 0 Å². The third kappa shape index (κ3) is 0.973. The molecule has 0 unspecified atom stereocenters. The first kappa shape index (κ1) is 7.69. The number of hydrogen-bond donors (Lipinski definition) is 1. The highest BCUT2D eigenvalue weighted by Gasteiger charge is 2.20. The van der Waals surface area contributed by atoms with Crippen molar-refractivity contribution in [3.8, 4) is 10.7 Å². The number of amides is 1. The Morgan fingerprint density at radius 2 is 2.50 bits per heavy atom. The molecule has 0 saturated carbocycles.